The van der Waals surface area contributed by atoms with E-state index in [1.807, 2.05) is 0 Å². The first kappa shape index (κ1) is 75.6. The molecule has 0 saturated heterocycles. The van der Waals surface area contributed by atoms with Gasteiger partial charge in [0.05, 0.1) is 0 Å². The third kappa shape index (κ3) is 1040. The van der Waals surface area contributed by atoms with E-state index in [9.17, 15) is 0 Å². The van der Waals surface area contributed by atoms with E-state index in [-0.39, 0.29) is 31.9 Å². The van der Waals surface area contributed by atoms with Crippen molar-refractivity contribution >= 4 is 20.4 Å². The first-order valence-corrected chi connectivity index (χ1v) is 0.612. The standard InChI is InChI=1S/3CO.2CH3.Fe/c3*1-2;;;/h;;;2*1H3;/q5*-1;+5. The third-order valence-electron chi connectivity index (χ3n) is 0. The summed E-state index contributed by atoms with van der Waals surface area (Å²) in [7, 11) is 0. The van der Waals surface area contributed by atoms with Gasteiger partial charge in [-0.1, -0.05) is 0 Å². The summed E-state index contributed by atoms with van der Waals surface area (Å²) in [4.78, 5) is 22.5. The molecule has 0 bridgehead atoms. The van der Waals surface area contributed by atoms with Crippen molar-refractivity contribution in [3.8, 4) is 0 Å². The smallest absolute Gasteiger partial charge is 0.573 e. The molecule has 0 N–H and O–H groups in total. The Bertz CT molecular complexity index is 16.9. The van der Waals surface area contributed by atoms with Crippen LogP contribution in [0.25, 0.3) is 0 Å². The molecule has 0 aromatic heterocycles. The van der Waals surface area contributed by atoms with Gasteiger partial charge in [-0.05, 0) is 0 Å². The Morgan fingerprint density at radius 3 is 0.556 bits per heavy atom. The molecule has 0 aliphatic rings. The Labute approximate surface area is 67.3 Å². The van der Waals surface area contributed by atoms with Crippen LogP contribution in [0.1, 0.15) is 0 Å². The fourth-order valence-corrected chi connectivity index (χ4v) is 0. The van der Waals surface area contributed by atoms with Gasteiger partial charge in [-0.15, -0.1) is 0 Å². The molecule has 0 rings (SSSR count). The normalized spacial score (nSPS) is 1.33. The first-order chi connectivity index (χ1) is 3.00. The molecule has 0 amide bonds. The number of rotatable bonds is 0. The van der Waals surface area contributed by atoms with Gasteiger partial charge >= 0.3 is 17.1 Å². The van der Waals surface area contributed by atoms with Crippen LogP contribution in [0.3, 0.4) is 0 Å². The molecule has 3 nitrogen and oxygen atoms in total. The molecule has 0 spiro atoms. The van der Waals surface area contributed by atoms with Crippen molar-refractivity contribution in [2.24, 2.45) is 0 Å². The quantitative estimate of drug-likeness (QED) is 0.370. The van der Waals surface area contributed by atoms with Gasteiger partial charge in [0.25, 0.3) is 0 Å². The molecule has 4 radical (unpaired) electrons. The summed E-state index contributed by atoms with van der Waals surface area (Å²) < 4.78 is 0. The second kappa shape index (κ2) is 1450. The van der Waals surface area contributed by atoms with E-state index in [1.165, 1.54) is 0 Å². The van der Waals surface area contributed by atoms with Crippen LogP contribution < -0.4 is 0 Å². The topological polar surface area (TPSA) is 51.2 Å². The van der Waals surface area contributed by atoms with Crippen LogP contribution in [0, 0.1) is 14.9 Å². The zero-order valence-electron chi connectivity index (χ0n) is 5.08. The molecule has 0 heterocycles. The molecule has 0 saturated carbocycles. The van der Waals surface area contributed by atoms with Crippen molar-refractivity contribution < 1.29 is 31.5 Å². The molecule has 52 valence electrons. The van der Waals surface area contributed by atoms with Gasteiger partial charge in [-0.3, -0.25) is 0 Å². The Morgan fingerprint density at radius 2 is 0.556 bits per heavy atom. The van der Waals surface area contributed by atoms with E-state index < -0.39 is 0 Å². The van der Waals surface area contributed by atoms with Crippen LogP contribution >= 0.6 is 0 Å². The fourth-order valence-electron chi connectivity index (χ4n) is 0. The van der Waals surface area contributed by atoms with E-state index >= 15 is 0 Å². The first-order valence-electron chi connectivity index (χ1n) is 0.612. The van der Waals surface area contributed by atoms with Crippen LogP contribution in [-0.4, -0.2) is 20.4 Å². The van der Waals surface area contributed by atoms with Crippen molar-refractivity contribution in [3.63, 3.8) is 0 Å². The van der Waals surface area contributed by atoms with Crippen LogP contribution in [0.5, 0.6) is 0 Å². The van der Waals surface area contributed by atoms with E-state index in [1.54, 1.807) is 0 Å². The minimum atomic E-state index is 0. The molecule has 0 atom stereocenters. The van der Waals surface area contributed by atoms with Crippen LogP contribution in [0.4, 0.5) is 0 Å². The van der Waals surface area contributed by atoms with Gasteiger partial charge in [0.1, 0.15) is 0 Å². The molecule has 0 aromatic carbocycles. The second-order valence-corrected chi connectivity index (χ2v) is 0. The van der Waals surface area contributed by atoms with Gasteiger partial charge in [0, 0.05) is 0 Å². The fraction of sp³-hybridized carbons (Fsp3) is 0. The summed E-state index contributed by atoms with van der Waals surface area (Å²) in [6.07, 6.45) is 0. The third-order valence-corrected chi connectivity index (χ3v) is 0. The molecular weight excluding hydrogens is 164 g/mol. The van der Waals surface area contributed by atoms with Gasteiger partial charge in [0.15, 0.2) is 0 Å². The van der Waals surface area contributed by atoms with Crippen molar-refractivity contribution in [2.45, 2.75) is 0 Å². The second-order valence-electron chi connectivity index (χ2n) is 0. The van der Waals surface area contributed by atoms with Crippen molar-refractivity contribution in [1.29, 1.82) is 0 Å². The molecule has 0 aromatic rings. The number of hydrogen-bond acceptors (Lipinski definition) is 3. The minimum Gasteiger partial charge on any atom is -0.573 e. The number of hydrogen-bond donors (Lipinski definition) is 0. The molecule has 9 heavy (non-hydrogen) atoms. The maximum atomic E-state index is 7.50. The van der Waals surface area contributed by atoms with Crippen LogP contribution in [0.15, 0.2) is 0 Å². The molecule has 0 fully saturated rings. The van der Waals surface area contributed by atoms with Crippen molar-refractivity contribution in [1.82, 2.24) is 0 Å². The largest absolute Gasteiger partial charge is 5.00 e. The average Bonchev–Trinajstić information content (AvgIpc) is 1.81. The predicted octanol–water partition coefficient (Wildman–Crippen LogP) is -0.293. The van der Waals surface area contributed by atoms with E-state index in [4.69, 9.17) is 14.4 Å². The molecule has 0 unspecified atom stereocenters. The maximum absolute atomic E-state index is 7.50. The Hall–Kier alpha value is -0.471. The van der Waals surface area contributed by atoms with Gasteiger partial charge < -0.3 is 49.6 Å². The van der Waals surface area contributed by atoms with Gasteiger partial charge in [-0.2, -0.15) is 0 Å². The maximum Gasteiger partial charge on any atom is 5.00 e. The Balaban J connectivity index is -0.00000000321. The van der Waals surface area contributed by atoms with Crippen molar-refractivity contribution in [3.05, 3.63) is 14.9 Å². The summed E-state index contributed by atoms with van der Waals surface area (Å²) in [6.45, 7) is 13.5. The summed E-state index contributed by atoms with van der Waals surface area (Å²) in [5, 5.41) is 0. The van der Waals surface area contributed by atoms with Crippen LogP contribution in [-0.2, 0) is 31.5 Å². The SMILES string of the molecule is [C-]=O.[C-]=O.[C-]=O.[CH3-].[CH3-].[Fe+5]. The minimum absolute atomic E-state index is 0. The monoisotopic (exact) mass is 170 g/mol. The zero-order chi connectivity index (χ0) is 6.00. The summed E-state index contributed by atoms with van der Waals surface area (Å²) in [5.74, 6) is 0. The van der Waals surface area contributed by atoms with E-state index in [0.29, 0.717) is 0 Å². The van der Waals surface area contributed by atoms with E-state index in [0.717, 1.165) is 0 Å². The molecular formula is C5H6FeO3. The molecule has 0 aliphatic heterocycles. The van der Waals surface area contributed by atoms with Gasteiger partial charge in [-0.25, -0.2) is 0 Å². The van der Waals surface area contributed by atoms with Crippen molar-refractivity contribution in [2.75, 3.05) is 0 Å². The van der Waals surface area contributed by atoms with E-state index in [2.05, 4.69) is 20.4 Å². The predicted molar refractivity (Wildman–Crippen MR) is 29.9 cm³/mol. The molecule has 0 aliphatic carbocycles. The van der Waals surface area contributed by atoms with Gasteiger partial charge in [0.2, 0.25) is 0 Å². The molecule has 4 heteroatoms. The summed E-state index contributed by atoms with van der Waals surface area (Å²) >= 11 is 0. The Morgan fingerprint density at radius 1 is 0.556 bits per heavy atom. The number of carbonyl (C=O) groups excluding carboxylic acids is 3. The Kier molecular flexibility index (Phi) is 12200. The average molecular weight is 170 g/mol. The summed E-state index contributed by atoms with van der Waals surface area (Å²) in [5.41, 5.74) is 0. The van der Waals surface area contributed by atoms with Crippen LogP contribution in [0.2, 0.25) is 0 Å². The summed E-state index contributed by atoms with van der Waals surface area (Å²) in [6, 6.07) is 0. The zero-order valence-corrected chi connectivity index (χ0v) is 6.18.